The maximum absolute atomic E-state index is 11.5. The van der Waals surface area contributed by atoms with Gasteiger partial charge < -0.3 is 4.90 Å². The van der Waals surface area contributed by atoms with E-state index in [0.29, 0.717) is 23.8 Å². The molecular formula is C15H24N2O2S. The van der Waals surface area contributed by atoms with Crippen molar-refractivity contribution in [2.45, 2.75) is 38.6 Å². The monoisotopic (exact) mass is 296 g/mol. The lowest BCUT2D eigenvalue weighted by Gasteiger charge is -2.53. The molecule has 2 heterocycles. The first-order valence-corrected chi connectivity index (χ1v) is 9.03. The van der Waals surface area contributed by atoms with E-state index >= 15 is 0 Å². The molecule has 1 aromatic heterocycles. The fraction of sp³-hybridized carbons (Fsp3) is 0.667. The molecule has 0 N–H and O–H groups in total. The van der Waals surface area contributed by atoms with Gasteiger partial charge in [0, 0.05) is 25.0 Å². The molecule has 2 rings (SSSR count). The van der Waals surface area contributed by atoms with Crippen LogP contribution in [0.2, 0.25) is 0 Å². The molecule has 0 radical (unpaired) electrons. The minimum atomic E-state index is -3.17. The summed E-state index contributed by atoms with van der Waals surface area (Å²) in [6, 6.07) is 3.96. The molecule has 0 amide bonds. The highest BCUT2D eigenvalue weighted by Crippen LogP contribution is 2.38. The van der Waals surface area contributed by atoms with Gasteiger partial charge in [0.2, 0.25) is 0 Å². The maximum Gasteiger partial charge on any atom is 0.177 e. The predicted octanol–water partition coefficient (Wildman–Crippen LogP) is 2.60. The number of pyridine rings is 1. The fourth-order valence-electron chi connectivity index (χ4n) is 3.02. The lowest BCUT2D eigenvalue weighted by atomic mass is 9.75. The highest BCUT2D eigenvalue weighted by Gasteiger charge is 2.42. The van der Waals surface area contributed by atoms with Crippen LogP contribution in [0.4, 0.5) is 5.82 Å². The van der Waals surface area contributed by atoms with Gasteiger partial charge in [0.1, 0.15) is 5.82 Å². The van der Waals surface area contributed by atoms with E-state index in [1.165, 1.54) is 12.5 Å². The van der Waals surface area contributed by atoms with E-state index in [-0.39, 0.29) is 4.90 Å². The van der Waals surface area contributed by atoms with Gasteiger partial charge in [0.05, 0.1) is 4.90 Å². The highest BCUT2D eigenvalue weighted by molar-refractivity contribution is 7.90. The van der Waals surface area contributed by atoms with Gasteiger partial charge in [-0.3, -0.25) is 0 Å². The van der Waals surface area contributed by atoms with Gasteiger partial charge in [-0.15, -0.1) is 0 Å². The Morgan fingerprint density at radius 3 is 2.25 bits per heavy atom. The van der Waals surface area contributed by atoms with E-state index in [0.717, 1.165) is 12.4 Å². The molecule has 0 spiro atoms. The quantitative estimate of drug-likeness (QED) is 0.857. The Hall–Kier alpha value is -1.10. The summed E-state index contributed by atoms with van der Waals surface area (Å²) in [7, 11) is -3.17. The minimum Gasteiger partial charge on any atom is -0.353 e. The summed E-state index contributed by atoms with van der Waals surface area (Å²) in [6.45, 7) is 10.00. The second-order valence-electron chi connectivity index (χ2n) is 6.42. The fourth-order valence-corrected chi connectivity index (χ4v) is 3.58. The molecule has 1 aliphatic heterocycles. The van der Waals surface area contributed by atoms with Crippen molar-refractivity contribution in [1.29, 1.82) is 0 Å². The molecule has 1 aliphatic rings. The van der Waals surface area contributed by atoms with Crippen LogP contribution in [-0.2, 0) is 9.84 Å². The zero-order valence-electron chi connectivity index (χ0n) is 12.9. The van der Waals surface area contributed by atoms with E-state index in [2.05, 4.69) is 37.6 Å². The summed E-state index contributed by atoms with van der Waals surface area (Å²) >= 11 is 0. The predicted molar refractivity (Wildman–Crippen MR) is 81.6 cm³/mol. The molecule has 1 aromatic rings. The molecule has 112 valence electrons. The van der Waals surface area contributed by atoms with Crippen LogP contribution in [0.15, 0.2) is 23.2 Å². The third kappa shape index (κ3) is 2.82. The van der Waals surface area contributed by atoms with Crippen molar-refractivity contribution in [3.8, 4) is 0 Å². The van der Waals surface area contributed by atoms with Gasteiger partial charge in [-0.1, -0.05) is 27.7 Å². The van der Waals surface area contributed by atoms with Crippen LogP contribution in [0.3, 0.4) is 0 Å². The van der Waals surface area contributed by atoms with Crippen LogP contribution in [0.25, 0.3) is 0 Å². The highest BCUT2D eigenvalue weighted by atomic mass is 32.2. The van der Waals surface area contributed by atoms with Crippen LogP contribution >= 0.6 is 0 Å². The molecule has 0 saturated carbocycles. The second kappa shape index (κ2) is 5.35. The lowest BCUT2D eigenvalue weighted by Crippen LogP contribution is -2.61. The number of aromatic nitrogens is 1. The van der Waals surface area contributed by atoms with E-state index < -0.39 is 9.84 Å². The molecule has 1 fully saturated rings. The molecule has 0 aliphatic carbocycles. The van der Waals surface area contributed by atoms with Crippen LogP contribution < -0.4 is 4.90 Å². The van der Waals surface area contributed by atoms with Crippen LogP contribution in [-0.4, -0.2) is 32.2 Å². The lowest BCUT2D eigenvalue weighted by molar-refractivity contribution is 0.176. The Morgan fingerprint density at radius 2 is 1.85 bits per heavy atom. The third-order valence-corrected chi connectivity index (χ3v) is 5.29. The first kappa shape index (κ1) is 15.3. The van der Waals surface area contributed by atoms with E-state index in [1.807, 2.05) is 6.07 Å². The van der Waals surface area contributed by atoms with Crippen molar-refractivity contribution in [2.75, 3.05) is 17.7 Å². The summed E-state index contributed by atoms with van der Waals surface area (Å²) in [5.41, 5.74) is 0. The van der Waals surface area contributed by atoms with Gasteiger partial charge in [0.25, 0.3) is 0 Å². The Balaban J connectivity index is 2.21. The molecule has 0 bridgehead atoms. The smallest absolute Gasteiger partial charge is 0.177 e. The van der Waals surface area contributed by atoms with Crippen LogP contribution in [0.1, 0.15) is 27.7 Å². The summed E-state index contributed by atoms with van der Waals surface area (Å²) in [6.07, 6.45) is 2.67. The summed E-state index contributed by atoms with van der Waals surface area (Å²) < 4.78 is 22.9. The van der Waals surface area contributed by atoms with Gasteiger partial charge in [0.15, 0.2) is 9.84 Å². The topological polar surface area (TPSA) is 50.3 Å². The van der Waals surface area contributed by atoms with E-state index in [9.17, 15) is 8.42 Å². The largest absolute Gasteiger partial charge is 0.353 e. The van der Waals surface area contributed by atoms with E-state index in [1.54, 1.807) is 6.07 Å². The van der Waals surface area contributed by atoms with Crippen molar-refractivity contribution in [3.63, 3.8) is 0 Å². The normalized spacial score (nSPS) is 23.2. The molecular weight excluding hydrogens is 272 g/mol. The maximum atomic E-state index is 11.5. The Bertz CT molecular complexity index is 564. The van der Waals surface area contributed by atoms with Gasteiger partial charge in [-0.2, -0.15) is 0 Å². The van der Waals surface area contributed by atoms with Gasteiger partial charge in [-0.25, -0.2) is 13.4 Å². The van der Waals surface area contributed by atoms with Crippen LogP contribution in [0.5, 0.6) is 0 Å². The average molecular weight is 296 g/mol. The summed E-state index contributed by atoms with van der Waals surface area (Å²) in [5.74, 6) is 2.79. The zero-order chi connectivity index (χ0) is 15.1. The van der Waals surface area contributed by atoms with Gasteiger partial charge >= 0.3 is 0 Å². The molecule has 20 heavy (non-hydrogen) atoms. The molecule has 2 atom stereocenters. The van der Waals surface area contributed by atoms with Gasteiger partial charge in [-0.05, 0) is 29.9 Å². The van der Waals surface area contributed by atoms with Crippen LogP contribution in [0, 0.1) is 17.8 Å². The third-order valence-electron chi connectivity index (χ3n) is 4.19. The first-order valence-electron chi connectivity index (χ1n) is 7.14. The first-order chi connectivity index (χ1) is 9.21. The summed E-state index contributed by atoms with van der Waals surface area (Å²) in [5, 5.41) is 0. The summed E-state index contributed by atoms with van der Waals surface area (Å²) in [4.78, 5) is 6.91. The number of anilines is 1. The Kier molecular flexibility index (Phi) is 4.09. The van der Waals surface area contributed by atoms with Crippen molar-refractivity contribution in [1.82, 2.24) is 4.98 Å². The second-order valence-corrected chi connectivity index (χ2v) is 8.43. The number of rotatable bonds is 4. The number of sulfone groups is 1. The molecule has 1 saturated heterocycles. The standard InChI is InChI=1S/C15H24N2O2S/c1-10(2)13-9-17(15(13)11(3)4)14-7-6-12(8-16-14)20(5,18)19/h6-8,10-11,13,15H,9H2,1-5H3/t13-,15+/m0/s1. The SMILES string of the molecule is CC(C)[C@@H]1[C@H](C(C)C)CN1c1ccc(S(C)(=O)=O)cn1. The molecule has 0 unspecified atom stereocenters. The number of hydrogen-bond acceptors (Lipinski definition) is 4. The molecule has 5 heteroatoms. The van der Waals surface area contributed by atoms with Crippen molar-refractivity contribution in [2.24, 2.45) is 17.8 Å². The Labute approximate surface area is 122 Å². The molecule has 4 nitrogen and oxygen atoms in total. The van der Waals surface area contributed by atoms with Crippen molar-refractivity contribution < 1.29 is 8.42 Å². The number of nitrogens with zero attached hydrogens (tertiary/aromatic N) is 2. The Morgan fingerprint density at radius 1 is 1.20 bits per heavy atom. The van der Waals surface area contributed by atoms with Crippen molar-refractivity contribution in [3.05, 3.63) is 18.3 Å². The average Bonchev–Trinajstić information content (AvgIpc) is 2.25. The minimum absolute atomic E-state index is 0.281. The number of hydrogen-bond donors (Lipinski definition) is 0. The zero-order valence-corrected chi connectivity index (χ0v) is 13.7. The van der Waals surface area contributed by atoms with Crippen molar-refractivity contribution >= 4 is 15.7 Å². The molecule has 0 aromatic carbocycles. The van der Waals surface area contributed by atoms with E-state index in [4.69, 9.17) is 0 Å².